The van der Waals surface area contributed by atoms with Crippen molar-refractivity contribution in [2.45, 2.75) is 17.9 Å². The van der Waals surface area contributed by atoms with Gasteiger partial charge in [0.15, 0.2) is 0 Å². The van der Waals surface area contributed by atoms with E-state index in [1.807, 2.05) is 35.0 Å². The molecule has 0 amide bonds. The van der Waals surface area contributed by atoms with Gasteiger partial charge in [-0.25, -0.2) is 18.1 Å². The normalized spacial score (nSPS) is 12.7. The molecule has 0 aliphatic heterocycles. The number of nitrogens with one attached hydrogen (secondary N) is 1. The quantitative estimate of drug-likeness (QED) is 0.640. The Balaban J connectivity index is 1.83. The van der Waals surface area contributed by atoms with Gasteiger partial charge >= 0.3 is 0 Å². The van der Waals surface area contributed by atoms with Crippen molar-refractivity contribution in [3.63, 3.8) is 0 Å². The van der Waals surface area contributed by atoms with Crippen LogP contribution < -0.4 is 9.46 Å². The molecule has 1 N–H and O–H groups in total. The monoisotopic (exact) mass is 435 g/mol. The predicted octanol–water partition coefficient (Wildman–Crippen LogP) is 3.68. The summed E-state index contributed by atoms with van der Waals surface area (Å²) in [7, 11) is -2.30. The van der Waals surface area contributed by atoms with Gasteiger partial charge in [-0.3, -0.25) is 0 Å². The Bertz CT molecular complexity index is 987. The number of benzene rings is 2. The molecule has 0 saturated heterocycles. The van der Waals surface area contributed by atoms with Crippen LogP contribution in [0.1, 0.15) is 18.5 Å². The standard InChI is InChI=1S/C18H18BrN3O3S/c1-13(14-3-6-16(7-4-14)22-10-9-20-12-22)21-26(23,24)18-11-15(19)5-8-17(18)25-2/h3-13,21H,1-2H3/t13-/m0/s1. The molecule has 0 spiro atoms. The lowest BCUT2D eigenvalue weighted by atomic mass is 10.1. The largest absolute Gasteiger partial charge is 0.495 e. The molecule has 0 fully saturated rings. The summed E-state index contributed by atoms with van der Waals surface area (Å²) in [4.78, 5) is 4.11. The first-order chi connectivity index (χ1) is 12.4. The van der Waals surface area contributed by atoms with Crippen LogP contribution in [0.4, 0.5) is 0 Å². The van der Waals surface area contributed by atoms with Crippen molar-refractivity contribution in [2.24, 2.45) is 0 Å². The lowest BCUT2D eigenvalue weighted by Gasteiger charge is -2.17. The Hall–Kier alpha value is -2.16. The van der Waals surface area contributed by atoms with Crippen LogP contribution >= 0.6 is 15.9 Å². The number of nitrogens with zero attached hydrogens (tertiary/aromatic N) is 2. The molecule has 3 rings (SSSR count). The zero-order valence-electron chi connectivity index (χ0n) is 14.3. The Kier molecular flexibility index (Phi) is 5.45. The molecule has 1 heterocycles. The minimum Gasteiger partial charge on any atom is -0.495 e. The molecule has 0 unspecified atom stereocenters. The number of ether oxygens (including phenoxy) is 1. The lowest BCUT2D eigenvalue weighted by Crippen LogP contribution is -2.27. The third kappa shape index (κ3) is 3.98. The Labute approximate surface area is 161 Å². The lowest BCUT2D eigenvalue weighted by molar-refractivity contribution is 0.402. The molecule has 0 saturated carbocycles. The molecular weight excluding hydrogens is 418 g/mol. The number of imidazole rings is 1. The maximum absolute atomic E-state index is 12.8. The highest BCUT2D eigenvalue weighted by atomic mass is 79.9. The summed E-state index contributed by atoms with van der Waals surface area (Å²) in [5, 5.41) is 0. The maximum atomic E-state index is 12.8. The fourth-order valence-corrected chi connectivity index (χ4v) is 4.51. The average Bonchev–Trinajstić information content (AvgIpc) is 3.16. The van der Waals surface area contributed by atoms with Gasteiger partial charge in [0.2, 0.25) is 10.0 Å². The van der Waals surface area contributed by atoms with E-state index in [0.717, 1.165) is 11.3 Å². The second kappa shape index (κ2) is 7.61. The summed E-state index contributed by atoms with van der Waals surface area (Å²) in [5.74, 6) is 0.295. The van der Waals surface area contributed by atoms with E-state index in [-0.39, 0.29) is 4.90 Å². The zero-order valence-corrected chi connectivity index (χ0v) is 16.7. The molecule has 0 radical (unpaired) electrons. The van der Waals surface area contributed by atoms with E-state index >= 15 is 0 Å². The smallest absolute Gasteiger partial charge is 0.244 e. The molecule has 0 aliphatic carbocycles. The van der Waals surface area contributed by atoms with E-state index in [9.17, 15) is 8.42 Å². The van der Waals surface area contributed by atoms with E-state index in [2.05, 4.69) is 25.6 Å². The number of aromatic nitrogens is 2. The van der Waals surface area contributed by atoms with E-state index in [1.165, 1.54) is 13.2 Å². The second-order valence-electron chi connectivity index (χ2n) is 5.70. The fraction of sp³-hybridized carbons (Fsp3) is 0.167. The number of rotatable bonds is 6. The van der Waals surface area contributed by atoms with Crippen molar-refractivity contribution in [1.29, 1.82) is 0 Å². The third-order valence-electron chi connectivity index (χ3n) is 3.94. The van der Waals surface area contributed by atoms with Crippen LogP contribution in [-0.4, -0.2) is 25.1 Å². The highest BCUT2D eigenvalue weighted by Crippen LogP contribution is 2.28. The summed E-state index contributed by atoms with van der Waals surface area (Å²) >= 11 is 3.30. The van der Waals surface area contributed by atoms with E-state index in [1.54, 1.807) is 31.6 Å². The van der Waals surface area contributed by atoms with Gasteiger partial charge in [0, 0.05) is 28.6 Å². The first-order valence-electron chi connectivity index (χ1n) is 7.85. The number of halogens is 1. The zero-order chi connectivity index (χ0) is 18.7. The molecule has 2 aromatic carbocycles. The van der Waals surface area contributed by atoms with Crippen molar-refractivity contribution in [3.05, 3.63) is 71.2 Å². The average molecular weight is 436 g/mol. The number of methoxy groups -OCH3 is 1. The van der Waals surface area contributed by atoms with Crippen molar-refractivity contribution < 1.29 is 13.2 Å². The van der Waals surface area contributed by atoms with Crippen LogP contribution in [0.2, 0.25) is 0 Å². The molecule has 26 heavy (non-hydrogen) atoms. The third-order valence-corrected chi connectivity index (χ3v) is 6.00. The minimum atomic E-state index is -3.75. The van der Waals surface area contributed by atoms with Crippen molar-refractivity contribution in [3.8, 4) is 11.4 Å². The van der Waals surface area contributed by atoms with Crippen LogP contribution in [0.3, 0.4) is 0 Å². The van der Waals surface area contributed by atoms with Gasteiger partial charge in [-0.15, -0.1) is 0 Å². The van der Waals surface area contributed by atoms with Crippen LogP contribution in [0.15, 0.2) is 70.6 Å². The molecule has 3 aromatic rings. The van der Waals surface area contributed by atoms with Gasteiger partial charge in [0.05, 0.1) is 13.4 Å². The molecule has 6 nitrogen and oxygen atoms in total. The first kappa shape index (κ1) is 18.6. The van der Waals surface area contributed by atoms with Crippen LogP contribution in [0.5, 0.6) is 5.75 Å². The predicted molar refractivity (Wildman–Crippen MR) is 103 cm³/mol. The maximum Gasteiger partial charge on any atom is 0.244 e. The van der Waals surface area contributed by atoms with Crippen molar-refractivity contribution in [2.75, 3.05) is 7.11 Å². The number of hydrogen-bond donors (Lipinski definition) is 1. The van der Waals surface area contributed by atoms with Gasteiger partial charge in [0.25, 0.3) is 0 Å². The Morgan fingerprint density at radius 2 is 1.92 bits per heavy atom. The van der Waals surface area contributed by atoms with E-state index in [0.29, 0.717) is 10.2 Å². The number of hydrogen-bond acceptors (Lipinski definition) is 4. The van der Waals surface area contributed by atoms with Gasteiger partial charge in [-0.2, -0.15) is 0 Å². The van der Waals surface area contributed by atoms with Crippen LogP contribution in [0, 0.1) is 0 Å². The second-order valence-corrected chi connectivity index (χ2v) is 8.30. The molecule has 0 bridgehead atoms. The molecule has 1 atom stereocenters. The highest BCUT2D eigenvalue weighted by molar-refractivity contribution is 9.10. The highest BCUT2D eigenvalue weighted by Gasteiger charge is 2.22. The Morgan fingerprint density at radius 3 is 2.54 bits per heavy atom. The van der Waals surface area contributed by atoms with Crippen LogP contribution in [-0.2, 0) is 10.0 Å². The summed E-state index contributed by atoms with van der Waals surface area (Å²) in [6.07, 6.45) is 5.26. The Morgan fingerprint density at radius 1 is 1.19 bits per heavy atom. The minimum absolute atomic E-state index is 0.0938. The van der Waals surface area contributed by atoms with E-state index < -0.39 is 16.1 Å². The van der Waals surface area contributed by atoms with E-state index in [4.69, 9.17) is 4.74 Å². The van der Waals surface area contributed by atoms with Gasteiger partial charge < -0.3 is 9.30 Å². The first-order valence-corrected chi connectivity index (χ1v) is 10.1. The molecule has 8 heteroatoms. The van der Waals surface area contributed by atoms with Gasteiger partial charge in [-0.05, 0) is 42.8 Å². The topological polar surface area (TPSA) is 73.2 Å². The summed E-state index contributed by atoms with van der Waals surface area (Å²) < 4.78 is 36.0. The SMILES string of the molecule is COc1ccc(Br)cc1S(=O)(=O)N[C@@H](C)c1ccc(-n2ccnc2)cc1. The molecular formula is C18H18BrN3O3S. The summed E-state index contributed by atoms with van der Waals surface area (Å²) in [6, 6.07) is 12.1. The molecule has 136 valence electrons. The van der Waals surface area contributed by atoms with Gasteiger partial charge in [0.1, 0.15) is 10.6 Å². The van der Waals surface area contributed by atoms with Crippen molar-refractivity contribution in [1.82, 2.24) is 14.3 Å². The molecule has 0 aliphatic rings. The summed E-state index contributed by atoms with van der Waals surface area (Å²) in [5.41, 5.74) is 1.81. The van der Waals surface area contributed by atoms with Crippen LogP contribution in [0.25, 0.3) is 5.69 Å². The number of sulfonamides is 1. The summed E-state index contributed by atoms with van der Waals surface area (Å²) in [6.45, 7) is 1.80. The fourth-order valence-electron chi connectivity index (χ4n) is 2.57. The van der Waals surface area contributed by atoms with Crippen molar-refractivity contribution >= 4 is 26.0 Å². The van der Waals surface area contributed by atoms with Gasteiger partial charge in [-0.1, -0.05) is 28.1 Å². The molecule has 1 aromatic heterocycles.